The van der Waals surface area contributed by atoms with Gasteiger partial charge < -0.3 is 4.74 Å². The van der Waals surface area contributed by atoms with Gasteiger partial charge in [-0.05, 0) is 20.8 Å². The molecule has 0 saturated carbocycles. The van der Waals surface area contributed by atoms with Crippen LogP contribution in [0.15, 0.2) is 78.9 Å². The van der Waals surface area contributed by atoms with Crippen LogP contribution in [0.1, 0.15) is 43.9 Å². The van der Waals surface area contributed by atoms with Crippen molar-refractivity contribution in [2.45, 2.75) is 44.4 Å². The predicted octanol–water partition coefficient (Wildman–Crippen LogP) is 4.21. The number of esters is 1. The molecular formula is C28H30ClN2O4ReSn. The molecule has 3 aromatic rings. The number of alkyl carbamates (subject to hydrolysis) is 1. The zero-order valence-electron chi connectivity index (χ0n) is 21.0. The van der Waals surface area contributed by atoms with Gasteiger partial charge >= 0.3 is 196 Å². The topological polar surface area (TPSA) is 90.6 Å². The number of halogens is 1. The monoisotopic (exact) mass is 800 g/mol. The minimum absolute atomic E-state index is 0. The molecule has 0 spiro atoms. The average molecular weight is 799 g/mol. The Balaban J connectivity index is 0.00000481. The van der Waals surface area contributed by atoms with E-state index in [9.17, 15) is 9.59 Å². The molecule has 0 fully saturated rings. The Morgan fingerprint density at radius 1 is 0.919 bits per heavy atom. The third kappa shape index (κ3) is 8.30. The average Bonchev–Trinajstić information content (AvgIpc) is 2.83. The summed E-state index contributed by atoms with van der Waals surface area (Å²) >= 11 is 7.97. The Kier molecular flexibility index (Phi) is 11.7. The predicted molar refractivity (Wildman–Crippen MR) is 143 cm³/mol. The van der Waals surface area contributed by atoms with Crippen LogP contribution in [0, 0.1) is 0 Å². The van der Waals surface area contributed by atoms with E-state index in [1.54, 1.807) is 26.8 Å². The second-order valence-corrected chi connectivity index (χ2v) is 11.4. The molecule has 6 nitrogen and oxygen atoms in total. The number of hydrogen-bond donors (Lipinski definition) is 2. The molecule has 37 heavy (non-hydrogen) atoms. The molecule has 1 amide bonds. The first-order valence-electron chi connectivity index (χ1n) is 11.6. The minimum atomic E-state index is -1.32. The van der Waals surface area contributed by atoms with Crippen LogP contribution < -0.4 is 14.6 Å². The molecule has 9 heteroatoms. The maximum atomic E-state index is 13.4. The second kappa shape index (κ2) is 13.8. The summed E-state index contributed by atoms with van der Waals surface area (Å²) in [6.07, 6.45) is -0.400. The summed E-state index contributed by atoms with van der Waals surface area (Å²) in [5, 5.41) is 3.09. The first-order chi connectivity index (χ1) is 17.0. The van der Waals surface area contributed by atoms with Gasteiger partial charge in [0, 0.05) is 20.4 Å². The number of nitrogens with two attached hydrogens (primary N) is 1. The van der Waals surface area contributed by atoms with Gasteiger partial charge in [-0.15, -0.1) is 0 Å². The summed E-state index contributed by atoms with van der Waals surface area (Å²) in [4.78, 5) is 25.4. The third-order valence-corrected chi connectivity index (χ3v) is 6.69. The first kappa shape index (κ1) is 31.3. The number of nitrogens with one attached hydrogen (secondary N) is 1. The van der Waals surface area contributed by atoms with E-state index in [2.05, 4.69) is 5.32 Å². The fourth-order valence-electron chi connectivity index (χ4n) is 3.76. The van der Waals surface area contributed by atoms with Crippen molar-refractivity contribution < 1.29 is 39.5 Å². The van der Waals surface area contributed by atoms with Crippen molar-refractivity contribution in [2.24, 2.45) is 5.73 Å². The van der Waals surface area contributed by atoms with E-state index in [0.717, 1.165) is 14.7 Å². The van der Waals surface area contributed by atoms with Crippen LogP contribution in [0.3, 0.4) is 0 Å². The summed E-state index contributed by atoms with van der Waals surface area (Å²) in [6.45, 7) is 5.49. The number of amides is 1. The van der Waals surface area contributed by atoms with Gasteiger partial charge in [0.05, 0.1) is 0 Å². The van der Waals surface area contributed by atoms with Gasteiger partial charge in [-0.1, -0.05) is 0 Å². The van der Waals surface area contributed by atoms with Crippen LogP contribution in [0.2, 0.25) is 5.02 Å². The SMILES string of the molecule is CC(C)(C)OC(=O)NCCC(N)C(=O)OC(c1ccccc1)(c1cc[c]([Sn])cc1)c1ccccc1Cl.[Re]. The number of ether oxygens (including phenoxy) is 2. The van der Waals surface area contributed by atoms with Gasteiger partial charge in [0.25, 0.3) is 0 Å². The van der Waals surface area contributed by atoms with Crippen LogP contribution in [-0.2, 0) is 40.3 Å². The molecule has 0 aliphatic heterocycles. The molecule has 194 valence electrons. The summed E-state index contributed by atoms with van der Waals surface area (Å²) in [6, 6.07) is 23.7. The van der Waals surface area contributed by atoms with Crippen molar-refractivity contribution in [1.29, 1.82) is 0 Å². The first-order valence-corrected chi connectivity index (χ1v) is 13.4. The molecule has 3 N–H and O–H groups in total. The number of benzene rings is 3. The summed E-state index contributed by atoms with van der Waals surface area (Å²) < 4.78 is 12.7. The zero-order chi connectivity index (χ0) is 26.3. The quantitative estimate of drug-likeness (QED) is 0.203. The van der Waals surface area contributed by atoms with Gasteiger partial charge in [0.2, 0.25) is 0 Å². The van der Waals surface area contributed by atoms with Crippen molar-refractivity contribution >= 4 is 49.8 Å². The molecule has 0 bridgehead atoms. The molecule has 0 aromatic heterocycles. The van der Waals surface area contributed by atoms with E-state index < -0.39 is 29.3 Å². The van der Waals surface area contributed by atoms with Gasteiger partial charge in [-0.3, -0.25) is 0 Å². The summed E-state index contributed by atoms with van der Waals surface area (Å²) in [5.74, 6) is -0.614. The van der Waals surface area contributed by atoms with E-state index >= 15 is 0 Å². The molecule has 2 atom stereocenters. The number of carbonyl (C=O) groups is 2. The van der Waals surface area contributed by atoms with E-state index in [1.807, 2.05) is 72.8 Å². The van der Waals surface area contributed by atoms with Gasteiger partial charge in [-0.25, -0.2) is 4.79 Å². The molecular weight excluding hydrogens is 769 g/mol. The molecule has 3 rings (SSSR count). The van der Waals surface area contributed by atoms with Crippen LogP contribution in [0.5, 0.6) is 0 Å². The van der Waals surface area contributed by atoms with Gasteiger partial charge in [-0.2, -0.15) is 0 Å². The Morgan fingerprint density at radius 2 is 1.49 bits per heavy atom. The molecule has 0 aliphatic carbocycles. The smallest absolute Gasteiger partial charge is 0 e. The fourth-order valence-corrected chi connectivity index (χ4v) is 4.51. The molecule has 4 radical (unpaired) electrons. The minimum Gasteiger partial charge on any atom is 0 e. The molecule has 2 unspecified atom stereocenters. The van der Waals surface area contributed by atoms with Crippen molar-refractivity contribution in [3.8, 4) is 0 Å². The van der Waals surface area contributed by atoms with Gasteiger partial charge in [0.1, 0.15) is 5.60 Å². The van der Waals surface area contributed by atoms with E-state index in [4.69, 9.17) is 26.8 Å². The largest absolute Gasteiger partial charge is 0 e. The maximum Gasteiger partial charge on any atom is 0 e. The van der Waals surface area contributed by atoms with Crippen LogP contribution in [-0.4, -0.2) is 52.8 Å². The number of carbonyl (C=O) groups excluding carboxylic acids is 2. The third-order valence-electron chi connectivity index (χ3n) is 5.40. The number of rotatable bonds is 8. The van der Waals surface area contributed by atoms with Crippen LogP contribution in [0.25, 0.3) is 0 Å². The normalized spacial score (nSPS) is 13.5. The summed E-state index contributed by atoms with van der Waals surface area (Å²) in [5.41, 5.74) is 6.41. The molecule has 3 aromatic carbocycles. The molecule has 0 saturated heterocycles. The Labute approximate surface area is 250 Å². The van der Waals surface area contributed by atoms with E-state index in [0.29, 0.717) is 10.6 Å². The summed E-state index contributed by atoms with van der Waals surface area (Å²) in [7, 11) is 0. The Morgan fingerprint density at radius 3 is 2.08 bits per heavy atom. The van der Waals surface area contributed by atoms with Crippen molar-refractivity contribution in [1.82, 2.24) is 5.32 Å². The van der Waals surface area contributed by atoms with Crippen molar-refractivity contribution in [3.63, 3.8) is 0 Å². The van der Waals surface area contributed by atoms with Crippen LogP contribution >= 0.6 is 11.6 Å². The molecule has 0 heterocycles. The van der Waals surface area contributed by atoms with Crippen molar-refractivity contribution in [2.75, 3.05) is 6.54 Å². The zero-order valence-corrected chi connectivity index (χ0v) is 27.3. The molecule has 0 aliphatic rings. The maximum absolute atomic E-state index is 13.4. The Bertz CT molecular complexity index is 1190. The number of hydrogen-bond acceptors (Lipinski definition) is 5. The van der Waals surface area contributed by atoms with Crippen molar-refractivity contribution in [3.05, 3.63) is 101 Å². The van der Waals surface area contributed by atoms with E-state index in [1.165, 1.54) is 22.5 Å². The standard InChI is InChI=1S/C28H30ClN2O4.Re.Sn/c1-27(2,3)35-26(33)31-19-18-24(30)25(32)34-28(20-12-6-4-7-13-20,21-14-8-5-9-15-21)22-16-10-11-17-23(22)29;;/h4,6-17,24H,18-19,30H2,1-3H3,(H,31,33);;. The van der Waals surface area contributed by atoms with Crippen LogP contribution in [0.4, 0.5) is 4.79 Å². The second-order valence-electron chi connectivity index (χ2n) is 9.35. The van der Waals surface area contributed by atoms with E-state index in [-0.39, 0.29) is 33.4 Å². The van der Waals surface area contributed by atoms with Gasteiger partial charge in [0.15, 0.2) is 0 Å². The Hall–Kier alpha value is -1.89. The fraction of sp³-hybridized carbons (Fsp3) is 0.286.